The molecule has 3 aromatic rings. The number of rotatable bonds is 21. The summed E-state index contributed by atoms with van der Waals surface area (Å²) in [6, 6.07) is 13.1. The van der Waals surface area contributed by atoms with Gasteiger partial charge in [-0.05, 0) is 68.1 Å². The van der Waals surface area contributed by atoms with E-state index < -0.39 is 11.9 Å². The predicted octanol–water partition coefficient (Wildman–Crippen LogP) is 8.72. The molecule has 0 bridgehead atoms. The Hall–Kier alpha value is -4.07. The molecule has 0 saturated carbocycles. The van der Waals surface area contributed by atoms with Crippen molar-refractivity contribution in [1.82, 2.24) is 9.97 Å². The Bertz CT molecular complexity index is 1290. The zero-order valence-corrected chi connectivity index (χ0v) is 26.9. The van der Waals surface area contributed by atoms with Crippen LogP contribution in [0.5, 0.6) is 5.75 Å². The van der Waals surface area contributed by atoms with E-state index >= 15 is 0 Å². The van der Waals surface area contributed by atoms with Gasteiger partial charge in [0.1, 0.15) is 5.75 Å². The Morgan fingerprint density at radius 1 is 0.622 bits per heavy atom. The molecule has 0 radical (unpaired) electrons. The average molecular weight is 617 g/mol. The molecule has 45 heavy (non-hydrogen) atoms. The van der Waals surface area contributed by atoms with Gasteiger partial charge < -0.3 is 14.2 Å². The summed E-state index contributed by atoms with van der Waals surface area (Å²) in [6.07, 6.45) is 19.9. The molecule has 8 nitrogen and oxygen atoms in total. The number of carbonyl (C=O) groups is 3. The summed E-state index contributed by atoms with van der Waals surface area (Å²) in [4.78, 5) is 45.3. The SMILES string of the molecule is CCCCCCCCCCCCCc1cnc(-c2ccc(C(=O)Oc3ccc(C(=O)OCCCC(=O)OCC)cc3)cc2)nc1. The third kappa shape index (κ3) is 13.6. The summed E-state index contributed by atoms with van der Waals surface area (Å²) in [7, 11) is 0. The topological polar surface area (TPSA) is 105 Å². The molecule has 8 heteroatoms. The number of benzene rings is 2. The Balaban J connectivity index is 1.35. The van der Waals surface area contributed by atoms with Crippen molar-refractivity contribution < 1.29 is 28.6 Å². The van der Waals surface area contributed by atoms with E-state index in [1.165, 1.54) is 88.5 Å². The first-order valence-corrected chi connectivity index (χ1v) is 16.6. The third-order valence-electron chi connectivity index (χ3n) is 7.52. The predicted molar refractivity (Wildman–Crippen MR) is 175 cm³/mol. The number of ether oxygens (including phenoxy) is 3. The van der Waals surface area contributed by atoms with Crippen LogP contribution in [-0.4, -0.2) is 41.1 Å². The highest BCUT2D eigenvalue weighted by molar-refractivity contribution is 5.92. The van der Waals surface area contributed by atoms with Crippen molar-refractivity contribution in [2.75, 3.05) is 13.2 Å². The fourth-order valence-corrected chi connectivity index (χ4v) is 4.90. The molecule has 0 spiro atoms. The van der Waals surface area contributed by atoms with Crippen LogP contribution < -0.4 is 4.74 Å². The van der Waals surface area contributed by atoms with Gasteiger partial charge in [-0.15, -0.1) is 0 Å². The summed E-state index contributed by atoms with van der Waals surface area (Å²) in [5, 5.41) is 0. The zero-order valence-electron chi connectivity index (χ0n) is 26.9. The van der Waals surface area contributed by atoms with Crippen LogP contribution >= 0.6 is 0 Å². The van der Waals surface area contributed by atoms with Gasteiger partial charge in [-0.25, -0.2) is 19.6 Å². The first kappa shape index (κ1) is 35.4. The van der Waals surface area contributed by atoms with E-state index in [2.05, 4.69) is 16.9 Å². The van der Waals surface area contributed by atoms with Crippen molar-refractivity contribution in [3.63, 3.8) is 0 Å². The van der Waals surface area contributed by atoms with Gasteiger partial charge in [0, 0.05) is 24.4 Å². The number of aryl methyl sites for hydroxylation is 1. The number of hydrogen-bond acceptors (Lipinski definition) is 8. The van der Waals surface area contributed by atoms with Gasteiger partial charge in [-0.1, -0.05) is 83.3 Å². The molecule has 0 atom stereocenters. The molecule has 1 aromatic heterocycles. The summed E-state index contributed by atoms with van der Waals surface area (Å²) in [6.45, 7) is 4.43. The lowest BCUT2D eigenvalue weighted by molar-refractivity contribution is -0.143. The molecule has 2 aromatic carbocycles. The fourth-order valence-electron chi connectivity index (χ4n) is 4.90. The standard InChI is InChI=1S/C37H48N2O6/c1-3-5-6-7-8-9-10-11-12-13-14-16-29-27-38-35(39-28-29)30-18-20-32(21-19-30)37(42)45-33-24-22-31(23-25-33)36(41)44-26-15-17-34(40)43-4-2/h18-25,27-28H,3-17,26H2,1-2H3. The van der Waals surface area contributed by atoms with Crippen LogP contribution in [0.4, 0.5) is 0 Å². The van der Waals surface area contributed by atoms with E-state index in [-0.39, 0.29) is 19.0 Å². The van der Waals surface area contributed by atoms with Crippen molar-refractivity contribution in [1.29, 1.82) is 0 Å². The normalized spacial score (nSPS) is 10.8. The first-order valence-electron chi connectivity index (χ1n) is 16.6. The van der Waals surface area contributed by atoms with E-state index in [9.17, 15) is 14.4 Å². The quantitative estimate of drug-likeness (QED) is 0.0665. The molecule has 0 aliphatic rings. The minimum atomic E-state index is -0.517. The molecule has 0 fully saturated rings. The van der Waals surface area contributed by atoms with Gasteiger partial charge in [0.2, 0.25) is 0 Å². The maximum absolute atomic E-state index is 12.7. The molecule has 0 aliphatic heterocycles. The van der Waals surface area contributed by atoms with E-state index in [0.717, 1.165) is 24.0 Å². The lowest BCUT2D eigenvalue weighted by atomic mass is 10.0. The summed E-state index contributed by atoms with van der Waals surface area (Å²) < 4.78 is 15.5. The van der Waals surface area contributed by atoms with Crippen LogP contribution in [0.2, 0.25) is 0 Å². The lowest BCUT2D eigenvalue weighted by Gasteiger charge is -2.07. The summed E-state index contributed by atoms with van der Waals surface area (Å²) in [5.74, 6) is -0.432. The molecule has 0 amide bonds. The molecular weight excluding hydrogens is 568 g/mol. The maximum atomic E-state index is 12.7. The number of carbonyl (C=O) groups excluding carboxylic acids is 3. The lowest BCUT2D eigenvalue weighted by Crippen LogP contribution is -2.10. The molecule has 1 heterocycles. The van der Waals surface area contributed by atoms with Crippen LogP contribution in [0.25, 0.3) is 11.4 Å². The Morgan fingerprint density at radius 2 is 1.18 bits per heavy atom. The van der Waals surface area contributed by atoms with Crippen LogP contribution in [0, 0.1) is 0 Å². The fraction of sp³-hybridized carbons (Fsp3) is 0.486. The average Bonchev–Trinajstić information content (AvgIpc) is 3.06. The van der Waals surface area contributed by atoms with Crippen molar-refractivity contribution in [2.45, 2.75) is 104 Å². The van der Waals surface area contributed by atoms with E-state index in [1.807, 2.05) is 12.4 Å². The number of aromatic nitrogens is 2. The molecule has 0 N–H and O–H groups in total. The largest absolute Gasteiger partial charge is 0.466 e. The molecular formula is C37H48N2O6. The number of hydrogen-bond donors (Lipinski definition) is 0. The van der Waals surface area contributed by atoms with Gasteiger partial charge in [-0.3, -0.25) is 4.79 Å². The van der Waals surface area contributed by atoms with Gasteiger partial charge in [-0.2, -0.15) is 0 Å². The minimum Gasteiger partial charge on any atom is -0.466 e. The maximum Gasteiger partial charge on any atom is 0.343 e. The number of unbranched alkanes of at least 4 members (excludes halogenated alkanes) is 10. The second kappa shape index (κ2) is 20.8. The van der Waals surface area contributed by atoms with Crippen LogP contribution in [0.15, 0.2) is 60.9 Å². The number of nitrogens with zero attached hydrogens (tertiary/aromatic N) is 2. The van der Waals surface area contributed by atoms with Gasteiger partial charge in [0.05, 0.1) is 24.3 Å². The highest BCUT2D eigenvalue weighted by Crippen LogP contribution is 2.19. The molecule has 0 unspecified atom stereocenters. The molecule has 0 aliphatic carbocycles. The zero-order chi connectivity index (χ0) is 32.1. The minimum absolute atomic E-state index is 0.110. The third-order valence-corrected chi connectivity index (χ3v) is 7.52. The summed E-state index contributed by atoms with van der Waals surface area (Å²) in [5.41, 5.74) is 2.66. The summed E-state index contributed by atoms with van der Waals surface area (Å²) >= 11 is 0. The second-order valence-corrected chi connectivity index (χ2v) is 11.2. The van der Waals surface area contributed by atoms with Crippen LogP contribution in [-0.2, 0) is 20.7 Å². The Morgan fingerprint density at radius 3 is 1.78 bits per heavy atom. The van der Waals surface area contributed by atoms with Gasteiger partial charge in [0.25, 0.3) is 0 Å². The molecule has 242 valence electrons. The molecule has 3 rings (SSSR count). The van der Waals surface area contributed by atoms with Crippen molar-refractivity contribution in [3.05, 3.63) is 77.6 Å². The van der Waals surface area contributed by atoms with Crippen molar-refractivity contribution >= 4 is 17.9 Å². The highest BCUT2D eigenvalue weighted by atomic mass is 16.5. The number of esters is 3. The Labute approximate surface area is 267 Å². The van der Waals surface area contributed by atoms with Crippen LogP contribution in [0.1, 0.15) is 124 Å². The van der Waals surface area contributed by atoms with E-state index in [0.29, 0.717) is 35.7 Å². The van der Waals surface area contributed by atoms with Crippen molar-refractivity contribution in [3.8, 4) is 17.1 Å². The first-order chi connectivity index (χ1) is 22.0. The molecule has 0 saturated heterocycles. The van der Waals surface area contributed by atoms with E-state index in [1.54, 1.807) is 31.2 Å². The van der Waals surface area contributed by atoms with Gasteiger partial charge >= 0.3 is 17.9 Å². The van der Waals surface area contributed by atoms with E-state index in [4.69, 9.17) is 14.2 Å². The van der Waals surface area contributed by atoms with Gasteiger partial charge in [0.15, 0.2) is 5.82 Å². The monoisotopic (exact) mass is 616 g/mol. The second-order valence-electron chi connectivity index (χ2n) is 11.2. The van der Waals surface area contributed by atoms with Crippen LogP contribution in [0.3, 0.4) is 0 Å². The highest BCUT2D eigenvalue weighted by Gasteiger charge is 2.12. The Kier molecular flexibility index (Phi) is 16.4. The smallest absolute Gasteiger partial charge is 0.343 e. The van der Waals surface area contributed by atoms with Crippen molar-refractivity contribution in [2.24, 2.45) is 0 Å².